The molecular weight excluding hydrogens is 464 g/mol. The van der Waals surface area contributed by atoms with Crippen molar-refractivity contribution in [1.82, 2.24) is 4.90 Å². The van der Waals surface area contributed by atoms with Gasteiger partial charge in [-0.3, -0.25) is 0 Å². The van der Waals surface area contributed by atoms with Crippen LogP contribution >= 0.6 is 0 Å². The summed E-state index contributed by atoms with van der Waals surface area (Å²) in [5.41, 5.74) is 1.56. The van der Waals surface area contributed by atoms with Gasteiger partial charge in [-0.1, -0.05) is 78.9 Å². The van der Waals surface area contributed by atoms with Crippen LogP contribution in [0, 0.1) is 52.3 Å². The molecular formula is C35H65N2O+. The first-order valence-corrected chi connectivity index (χ1v) is 16.5. The van der Waals surface area contributed by atoms with Gasteiger partial charge in [-0.25, -0.2) is 0 Å². The molecule has 0 bridgehead atoms. The van der Waals surface area contributed by atoms with Crippen molar-refractivity contribution < 1.29 is 9.59 Å². The maximum absolute atomic E-state index is 12.5. The van der Waals surface area contributed by atoms with Crippen molar-refractivity contribution >= 4 is 0 Å². The smallest absolute Gasteiger partial charge is 0.208 e. The third-order valence-corrected chi connectivity index (χ3v) is 13.1. The fourth-order valence-electron chi connectivity index (χ4n) is 11.2. The average molecular weight is 530 g/mol. The van der Waals surface area contributed by atoms with E-state index in [1.165, 1.54) is 51.4 Å². The molecule has 220 valence electrons. The molecule has 4 rings (SSSR count). The number of aliphatic hydroxyl groups is 1. The van der Waals surface area contributed by atoms with Crippen molar-refractivity contribution in [3.8, 4) is 0 Å². The minimum absolute atomic E-state index is 0.163. The third kappa shape index (κ3) is 4.77. The number of quaternary nitrogens is 1. The van der Waals surface area contributed by atoms with Crippen molar-refractivity contribution in [2.45, 2.75) is 124 Å². The van der Waals surface area contributed by atoms with E-state index in [4.69, 9.17) is 0 Å². The number of hydrogen-bond donors (Lipinski definition) is 1. The fourth-order valence-corrected chi connectivity index (χ4v) is 11.2. The van der Waals surface area contributed by atoms with Crippen molar-refractivity contribution in [2.24, 2.45) is 52.3 Å². The molecule has 3 heteroatoms. The Morgan fingerprint density at radius 1 is 1.03 bits per heavy atom. The minimum atomic E-state index is -0.712. The molecule has 0 amide bonds. The first-order valence-electron chi connectivity index (χ1n) is 16.5. The van der Waals surface area contributed by atoms with Crippen LogP contribution in [0.25, 0.3) is 0 Å². The maximum Gasteiger partial charge on any atom is 0.208 e. The molecule has 10 atom stereocenters. The lowest BCUT2D eigenvalue weighted by molar-refractivity contribution is -0.957. The summed E-state index contributed by atoms with van der Waals surface area (Å²) in [7, 11) is 11.3. The van der Waals surface area contributed by atoms with E-state index in [1.54, 1.807) is 5.57 Å². The zero-order chi connectivity index (χ0) is 28.3. The Morgan fingerprint density at radius 2 is 1.71 bits per heavy atom. The molecule has 0 aromatic heterocycles. The molecule has 0 aliphatic heterocycles. The van der Waals surface area contributed by atoms with Crippen molar-refractivity contribution in [3.05, 3.63) is 11.6 Å². The summed E-state index contributed by atoms with van der Waals surface area (Å²) in [6, 6.07) is 0.383. The van der Waals surface area contributed by atoms with Gasteiger partial charge < -0.3 is 14.5 Å². The van der Waals surface area contributed by atoms with Gasteiger partial charge in [0.2, 0.25) is 5.72 Å². The second-order valence-electron chi connectivity index (χ2n) is 16.5. The van der Waals surface area contributed by atoms with Gasteiger partial charge in [-0.05, 0) is 93.5 Å². The Kier molecular flexibility index (Phi) is 8.68. The van der Waals surface area contributed by atoms with Crippen LogP contribution in [0.4, 0.5) is 0 Å². The summed E-state index contributed by atoms with van der Waals surface area (Å²) in [4.78, 5) is 2.53. The molecule has 0 aromatic carbocycles. The second kappa shape index (κ2) is 10.8. The summed E-state index contributed by atoms with van der Waals surface area (Å²) in [5.74, 6) is 5.33. The van der Waals surface area contributed by atoms with Gasteiger partial charge in [0, 0.05) is 11.5 Å². The molecule has 4 aliphatic rings. The predicted molar refractivity (Wildman–Crippen MR) is 163 cm³/mol. The maximum atomic E-state index is 12.5. The summed E-state index contributed by atoms with van der Waals surface area (Å²) in [6.07, 6.45) is 16.9. The Labute approximate surface area is 237 Å². The molecule has 4 aliphatic carbocycles. The van der Waals surface area contributed by atoms with Gasteiger partial charge in [0.05, 0.1) is 33.5 Å². The largest absolute Gasteiger partial charge is 0.342 e. The van der Waals surface area contributed by atoms with Crippen LogP contribution in [0.1, 0.15) is 112 Å². The highest BCUT2D eigenvalue weighted by Crippen LogP contribution is 2.69. The van der Waals surface area contributed by atoms with E-state index in [-0.39, 0.29) is 11.3 Å². The van der Waals surface area contributed by atoms with Gasteiger partial charge >= 0.3 is 0 Å². The molecule has 3 nitrogen and oxygen atoms in total. The van der Waals surface area contributed by atoms with Crippen molar-refractivity contribution in [3.63, 3.8) is 0 Å². The monoisotopic (exact) mass is 530 g/mol. The van der Waals surface area contributed by atoms with Crippen LogP contribution in [0.3, 0.4) is 0 Å². The standard InChI is InChI=1S/C35H65N2O/c1-12-14-31-32(36(7)8)34(6)26(23-35(31,38)37(9,10)11)17-18-27-29-20-19-28(25(4)16-13-15-24(2)3)33(29,5)22-21-30(27)34/h17,24-25,27-32,38H,12-16,18-23H2,1-11H3/q+1/t25-,27+,28-,29+,30+,31?,32?,33-,34+,35-/m1/s1. The normalized spacial score (nSPS) is 44.0. The topological polar surface area (TPSA) is 23.5 Å². The molecule has 3 saturated carbocycles. The highest BCUT2D eigenvalue weighted by Gasteiger charge is 2.67. The number of fused-ring (bicyclic) bond motifs is 5. The SMILES string of the molecule is CCCC1C(N(C)C)[C@@]2(C)C(=CC[C@H]3[C@@H]4CC[C@H]([C@H](C)CCCC(C)C)[C@@]4(C)CC[C@@H]32)C[C@]1(O)[N+](C)(C)C. The number of nitrogens with zero attached hydrogens (tertiary/aromatic N) is 2. The Balaban J connectivity index is 1.67. The Morgan fingerprint density at radius 3 is 2.29 bits per heavy atom. The highest BCUT2D eigenvalue weighted by molar-refractivity contribution is 5.31. The van der Waals surface area contributed by atoms with Gasteiger partial charge in [0.25, 0.3) is 0 Å². The van der Waals surface area contributed by atoms with E-state index in [0.29, 0.717) is 15.9 Å². The van der Waals surface area contributed by atoms with E-state index in [2.05, 4.69) is 87.8 Å². The number of allylic oxidation sites excluding steroid dienone is 1. The van der Waals surface area contributed by atoms with Gasteiger partial charge in [-0.2, -0.15) is 0 Å². The molecule has 1 N–H and O–H groups in total. The Bertz CT molecular complexity index is 856. The van der Waals surface area contributed by atoms with Crippen LogP contribution < -0.4 is 0 Å². The minimum Gasteiger partial charge on any atom is -0.342 e. The van der Waals surface area contributed by atoms with Gasteiger partial charge in [-0.15, -0.1) is 0 Å². The van der Waals surface area contributed by atoms with Crippen LogP contribution in [0.2, 0.25) is 0 Å². The lowest BCUT2D eigenvalue weighted by Gasteiger charge is -2.66. The van der Waals surface area contributed by atoms with Crippen molar-refractivity contribution in [1.29, 1.82) is 0 Å². The quantitative estimate of drug-likeness (QED) is 0.186. The molecule has 38 heavy (non-hydrogen) atoms. The van der Waals surface area contributed by atoms with E-state index in [1.807, 2.05) is 0 Å². The molecule has 0 heterocycles. The van der Waals surface area contributed by atoms with E-state index in [0.717, 1.165) is 54.8 Å². The zero-order valence-corrected chi connectivity index (χ0v) is 27.3. The van der Waals surface area contributed by atoms with Crippen LogP contribution in [-0.2, 0) is 0 Å². The van der Waals surface area contributed by atoms with Crippen molar-refractivity contribution in [2.75, 3.05) is 35.2 Å². The van der Waals surface area contributed by atoms with E-state index in [9.17, 15) is 5.11 Å². The molecule has 2 unspecified atom stereocenters. The zero-order valence-electron chi connectivity index (χ0n) is 27.3. The van der Waals surface area contributed by atoms with Crippen LogP contribution in [0.15, 0.2) is 11.6 Å². The molecule has 0 spiro atoms. The summed E-state index contributed by atoms with van der Waals surface area (Å²) in [6.45, 7) is 15.0. The number of rotatable bonds is 9. The summed E-state index contributed by atoms with van der Waals surface area (Å²) < 4.78 is 0.626. The lowest BCUT2D eigenvalue weighted by atomic mass is 9.43. The van der Waals surface area contributed by atoms with Crippen LogP contribution in [-0.4, -0.2) is 61.5 Å². The molecule has 0 radical (unpaired) electrons. The van der Waals surface area contributed by atoms with Gasteiger partial charge in [0.1, 0.15) is 0 Å². The predicted octanol–water partition coefficient (Wildman–Crippen LogP) is 7.99. The first kappa shape index (κ1) is 30.6. The van der Waals surface area contributed by atoms with Gasteiger partial charge in [0.15, 0.2) is 0 Å². The first-order chi connectivity index (χ1) is 17.6. The Hall–Kier alpha value is -0.380. The lowest BCUT2D eigenvalue weighted by Crippen LogP contribution is -2.72. The second-order valence-corrected chi connectivity index (χ2v) is 16.5. The van der Waals surface area contributed by atoms with E-state index < -0.39 is 5.72 Å². The molecule has 3 fully saturated rings. The highest BCUT2D eigenvalue weighted by atomic mass is 16.3. The van der Waals surface area contributed by atoms with E-state index >= 15 is 0 Å². The fraction of sp³-hybridized carbons (Fsp3) is 0.943. The molecule has 0 aromatic rings. The average Bonchev–Trinajstić information content (AvgIpc) is 3.16. The number of hydrogen-bond acceptors (Lipinski definition) is 2. The molecule has 0 saturated heterocycles. The van der Waals surface area contributed by atoms with Crippen LogP contribution in [0.5, 0.6) is 0 Å². The summed E-state index contributed by atoms with van der Waals surface area (Å²) >= 11 is 0. The third-order valence-electron chi connectivity index (χ3n) is 13.1. The summed E-state index contributed by atoms with van der Waals surface area (Å²) in [5, 5.41) is 12.5.